The Balaban J connectivity index is 1.34. The van der Waals surface area contributed by atoms with Gasteiger partial charge in [-0.1, -0.05) is 18.2 Å². The molecule has 1 N–H and O–H groups in total. The summed E-state index contributed by atoms with van der Waals surface area (Å²) < 4.78 is 7.18. The van der Waals surface area contributed by atoms with Crippen LogP contribution in [-0.4, -0.2) is 51.7 Å². The number of fused-ring (bicyclic) bond motifs is 1. The van der Waals surface area contributed by atoms with E-state index in [9.17, 15) is 9.59 Å². The molecule has 1 aromatic carbocycles. The summed E-state index contributed by atoms with van der Waals surface area (Å²) in [6.07, 6.45) is 4.12. The number of nitrogens with zero attached hydrogens (tertiary/aromatic N) is 4. The summed E-state index contributed by atoms with van der Waals surface area (Å²) in [4.78, 5) is 31.1. The average Bonchev–Trinajstić information content (AvgIpc) is 3.17. The number of hydrogen-bond acceptors (Lipinski definition) is 5. The van der Waals surface area contributed by atoms with Gasteiger partial charge in [-0.15, -0.1) is 0 Å². The number of hydrogen-bond donors (Lipinski definition) is 1. The van der Waals surface area contributed by atoms with E-state index in [1.807, 2.05) is 40.9 Å². The summed E-state index contributed by atoms with van der Waals surface area (Å²) in [7, 11) is 3.58. The molecule has 0 unspecified atom stereocenters. The number of pyridine rings is 1. The van der Waals surface area contributed by atoms with Gasteiger partial charge in [-0.05, 0) is 36.2 Å². The molecule has 0 saturated heterocycles. The van der Waals surface area contributed by atoms with E-state index in [0.29, 0.717) is 44.6 Å². The maximum absolute atomic E-state index is 12.9. The second-order valence-corrected chi connectivity index (χ2v) is 8.13. The van der Waals surface area contributed by atoms with Gasteiger partial charge in [0.15, 0.2) is 0 Å². The van der Waals surface area contributed by atoms with E-state index in [1.54, 1.807) is 31.5 Å². The smallest absolute Gasteiger partial charge is 0.269 e. The van der Waals surface area contributed by atoms with Crippen molar-refractivity contribution in [1.29, 1.82) is 0 Å². The predicted molar refractivity (Wildman–Crippen MR) is 124 cm³/mol. The fourth-order valence-electron chi connectivity index (χ4n) is 4.20. The molecule has 4 rings (SSSR count). The normalized spacial score (nSPS) is 12.8. The van der Waals surface area contributed by atoms with E-state index < -0.39 is 0 Å². The van der Waals surface area contributed by atoms with Crippen LogP contribution in [0.4, 0.5) is 0 Å². The van der Waals surface area contributed by atoms with Crippen LogP contribution in [-0.2, 0) is 37.6 Å². The lowest BCUT2D eigenvalue weighted by Gasteiger charge is -2.28. The Hall–Kier alpha value is -3.68. The summed E-state index contributed by atoms with van der Waals surface area (Å²) in [5, 5.41) is 7.57. The molecule has 0 radical (unpaired) electrons. The molecular formula is C25H29N5O3. The minimum Gasteiger partial charge on any atom is -0.497 e. The summed E-state index contributed by atoms with van der Waals surface area (Å²) in [5.74, 6) is 0.745. The highest BCUT2D eigenvalue weighted by Crippen LogP contribution is 2.23. The second kappa shape index (κ2) is 10.3. The maximum Gasteiger partial charge on any atom is 0.269 e. The summed E-state index contributed by atoms with van der Waals surface area (Å²) in [5.41, 5.74) is 4.68. The van der Waals surface area contributed by atoms with E-state index in [1.165, 1.54) is 0 Å². The van der Waals surface area contributed by atoms with Crippen LogP contribution < -0.4 is 10.1 Å². The van der Waals surface area contributed by atoms with Gasteiger partial charge in [0.1, 0.15) is 11.4 Å². The van der Waals surface area contributed by atoms with Crippen molar-refractivity contribution in [1.82, 2.24) is 25.0 Å². The highest BCUT2D eigenvalue weighted by molar-refractivity contribution is 5.92. The lowest BCUT2D eigenvalue weighted by atomic mass is 10.0. The van der Waals surface area contributed by atoms with Gasteiger partial charge >= 0.3 is 0 Å². The van der Waals surface area contributed by atoms with Crippen LogP contribution in [0, 0.1) is 0 Å². The monoisotopic (exact) mass is 447 g/mol. The Morgan fingerprint density at radius 1 is 1.15 bits per heavy atom. The standard InChI is InChI=1S/C25H29N5O3/c1-29-23-12-15-30(24(31)10-9-18-6-5-7-19(16-18)33-2)17-20(23)21(28-29)11-14-27-25(32)22-8-3-4-13-26-22/h3-8,13,16H,9-12,14-15,17H2,1-2H3,(H,27,32). The first kappa shape index (κ1) is 22.5. The van der Waals surface area contributed by atoms with Crippen LogP contribution in [0.15, 0.2) is 48.7 Å². The second-order valence-electron chi connectivity index (χ2n) is 8.13. The average molecular weight is 448 g/mol. The molecule has 33 heavy (non-hydrogen) atoms. The molecule has 0 spiro atoms. The molecule has 0 atom stereocenters. The van der Waals surface area contributed by atoms with Crippen LogP contribution in [0.2, 0.25) is 0 Å². The van der Waals surface area contributed by atoms with Gasteiger partial charge in [0.25, 0.3) is 5.91 Å². The fourth-order valence-corrected chi connectivity index (χ4v) is 4.20. The van der Waals surface area contributed by atoms with E-state index in [4.69, 9.17) is 4.74 Å². The quantitative estimate of drug-likeness (QED) is 0.572. The number of carbonyl (C=O) groups excluding carboxylic acids is 2. The van der Waals surface area contributed by atoms with Gasteiger partial charge in [0.05, 0.1) is 12.8 Å². The molecule has 8 heteroatoms. The Morgan fingerprint density at radius 2 is 2.03 bits per heavy atom. The van der Waals surface area contributed by atoms with Gasteiger partial charge < -0.3 is 15.0 Å². The fraction of sp³-hybridized carbons (Fsp3) is 0.360. The minimum atomic E-state index is -0.199. The largest absolute Gasteiger partial charge is 0.497 e. The van der Waals surface area contributed by atoms with Gasteiger partial charge in [-0.25, -0.2) is 0 Å². The van der Waals surface area contributed by atoms with E-state index in [0.717, 1.165) is 34.7 Å². The predicted octanol–water partition coefficient (Wildman–Crippen LogP) is 2.31. The molecule has 1 aliphatic rings. The van der Waals surface area contributed by atoms with Crippen molar-refractivity contribution in [2.75, 3.05) is 20.2 Å². The van der Waals surface area contributed by atoms with Crippen molar-refractivity contribution in [2.24, 2.45) is 7.05 Å². The third-order valence-electron chi connectivity index (χ3n) is 5.98. The first-order valence-corrected chi connectivity index (χ1v) is 11.2. The number of methoxy groups -OCH3 is 1. The van der Waals surface area contributed by atoms with Crippen molar-refractivity contribution in [2.45, 2.75) is 32.2 Å². The van der Waals surface area contributed by atoms with Gasteiger partial charge in [0.2, 0.25) is 5.91 Å². The summed E-state index contributed by atoms with van der Waals surface area (Å²) in [6.45, 7) is 1.71. The number of benzene rings is 1. The molecule has 0 saturated carbocycles. The third-order valence-corrected chi connectivity index (χ3v) is 5.98. The number of nitrogens with one attached hydrogen (secondary N) is 1. The first-order valence-electron chi connectivity index (χ1n) is 11.2. The molecule has 8 nitrogen and oxygen atoms in total. The topological polar surface area (TPSA) is 89.3 Å². The number of aromatic nitrogens is 3. The van der Waals surface area contributed by atoms with Crippen molar-refractivity contribution in [3.8, 4) is 5.75 Å². The van der Waals surface area contributed by atoms with E-state index in [2.05, 4.69) is 15.4 Å². The molecule has 2 amide bonds. The van der Waals surface area contributed by atoms with Crippen molar-refractivity contribution < 1.29 is 14.3 Å². The Morgan fingerprint density at radius 3 is 2.82 bits per heavy atom. The molecule has 0 aliphatic carbocycles. The van der Waals surface area contributed by atoms with Crippen LogP contribution in [0.1, 0.15) is 39.4 Å². The number of amides is 2. The SMILES string of the molecule is COc1cccc(CCC(=O)N2CCc3c(c(CCNC(=O)c4ccccn4)nn3C)C2)c1. The first-order chi connectivity index (χ1) is 16.0. The summed E-state index contributed by atoms with van der Waals surface area (Å²) >= 11 is 0. The zero-order valence-electron chi connectivity index (χ0n) is 19.1. The van der Waals surface area contributed by atoms with Crippen LogP contribution in [0.25, 0.3) is 0 Å². The van der Waals surface area contributed by atoms with Crippen molar-refractivity contribution in [3.05, 3.63) is 76.9 Å². The number of aryl methyl sites for hydroxylation is 2. The van der Waals surface area contributed by atoms with Crippen molar-refractivity contribution in [3.63, 3.8) is 0 Å². The lowest BCUT2D eigenvalue weighted by Crippen LogP contribution is -2.36. The highest BCUT2D eigenvalue weighted by Gasteiger charge is 2.26. The molecular weight excluding hydrogens is 418 g/mol. The number of carbonyl (C=O) groups is 2. The number of rotatable bonds is 8. The zero-order valence-corrected chi connectivity index (χ0v) is 19.1. The third kappa shape index (κ3) is 5.39. The van der Waals surface area contributed by atoms with Gasteiger partial charge in [0, 0.05) is 63.4 Å². The molecule has 3 aromatic rings. The molecule has 0 fully saturated rings. The summed E-state index contributed by atoms with van der Waals surface area (Å²) in [6, 6.07) is 13.1. The van der Waals surface area contributed by atoms with E-state index >= 15 is 0 Å². The van der Waals surface area contributed by atoms with Crippen LogP contribution in [0.3, 0.4) is 0 Å². The van der Waals surface area contributed by atoms with Crippen LogP contribution in [0.5, 0.6) is 5.75 Å². The van der Waals surface area contributed by atoms with Gasteiger partial charge in [-0.3, -0.25) is 19.3 Å². The lowest BCUT2D eigenvalue weighted by molar-refractivity contribution is -0.132. The minimum absolute atomic E-state index is 0.140. The Bertz CT molecular complexity index is 1130. The van der Waals surface area contributed by atoms with Crippen molar-refractivity contribution >= 4 is 11.8 Å². The molecule has 1 aliphatic heterocycles. The molecule has 2 aromatic heterocycles. The molecule has 172 valence electrons. The Labute approximate surface area is 193 Å². The zero-order chi connectivity index (χ0) is 23.2. The molecule has 3 heterocycles. The van der Waals surface area contributed by atoms with Gasteiger partial charge in [-0.2, -0.15) is 5.10 Å². The number of ether oxygens (including phenoxy) is 1. The highest BCUT2D eigenvalue weighted by atomic mass is 16.5. The molecule has 0 bridgehead atoms. The maximum atomic E-state index is 12.9. The van der Waals surface area contributed by atoms with E-state index in [-0.39, 0.29) is 11.8 Å². The van der Waals surface area contributed by atoms with Crippen LogP contribution >= 0.6 is 0 Å². The Kier molecular flexibility index (Phi) is 7.02.